The maximum absolute atomic E-state index is 12.2. The lowest BCUT2D eigenvalue weighted by molar-refractivity contribution is -0.125. The Hall–Kier alpha value is -0.330. The lowest BCUT2D eigenvalue weighted by atomic mass is 9.74. The average molecular weight is 238 g/mol. The molecule has 1 aliphatic rings. The topological polar surface area (TPSA) is 17.1 Å². The maximum atomic E-state index is 12.2. The third-order valence-corrected chi connectivity index (χ3v) is 4.81. The van der Waals surface area contributed by atoms with Gasteiger partial charge in [-0.05, 0) is 43.4 Å². The van der Waals surface area contributed by atoms with Crippen LogP contribution in [0, 0.1) is 23.7 Å². The van der Waals surface area contributed by atoms with E-state index in [2.05, 4.69) is 27.7 Å². The Balaban J connectivity index is 2.35. The van der Waals surface area contributed by atoms with Crippen molar-refractivity contribution >= 4 is 5.78 Å². The Morgan fingerprint density at radius 3 is 2.00 bits per heavy atom. The molecule has 0 spiro atoms. The van der Waals surface area contributed by atoms with Crippen LogP contribution in [-0.2, 0) is 4.79 Å². The Kier molecular flexibility index (Phi) is 6.22. The molecule has 0 amide bonds. The Labute approximate surface area is 107 Å². The first-order valence-corrected chi connectivity index (χ1v) is 7.61. The Morgan fingerprint density at radius 2 is 1.59 bits per heavy atom. The molecule has 0 aliphatic heterocycles. The molecule has 1 fully saturated rings. The molecule has 0 aromatic rings. The first-order valence-electron chi connectivity index (χ1n) is 7.61. The molecule has 0 atom stereocenters. The van der Waals surface area contributed by atoms with Gasteiger partial charge in [-0.15, -0.1) is 0 Å². The summed E-state index contributed by atoms with van der Waals surface area (Å²) in [4.78, 5) is 12.2. The quantitative estimate of drug-likeness (QED) is 0.647. The molecule has 0 N–H and O–H groups in total. The van der Waals surface area contributed by atoms with Crippen LogP contribution >= 0.6 is 0 Å². The van der Waals surface area contributed by atoms with Crippen LogP contribution in [-0.4, -0.2) is 5.78 Å². The van der Waals surface area contributed by atoms with Gasteiger partial charge in [0, 0.05) is 12.3 Å². The van der Waals surface area contributed by atoms with Gasteiger partial charge >= 0.3 is 0 Å². The van der Waals surface area contributed by atoms with Crippen molar-refractivity contribution in [1.82, 2.24) is 0 Å². The van der Waals surface area contributed by atoms with E-state index in [0.717, 1.165) is 43.9 Å². The number of rotatable bonds is 6. The second kappa shape index (κ2) is 7.18. The van der Waals surface area contributed by atoms with Crippen molar-refractivity contribution < 1.29 is 4.79 Å². The van der Waals surface area contributed by atoms with E-state index < -0.39 is 0 Å². The number of Topliss-reactive ketones (excluding diaryl/α,β-unsaturated/α-hetero) is 1. The molecule has 0 heterocycles. The van der Waals surface area contributed by atoms with Gasteiger partial charge in [-0.25, -0.2) is 0 Å². The van der Waals surface area contributed by atoms with Crippen LogP contribution in [0.25, 0.3) is 0 Å². The molecule has 1 saturated carbocycles. The number of carbonyl (C=O) groups is 1. The van der Waals surface area contributed by atoms with Gasteiger partial charge in [-0.2, -0.15) is 0 Å². The van der Waals surface area contributed by atoms with Crippen molar-refractivity contribution in [3.63, 3.8) is 0 Å². The minimum Gasteiger partial charge on any atom is -0.299 e. The second-order valence-electron chi connectivity index (χ2n) is 6.21. The molecular formula is C16H30O. The fraction of sp³-hybridized carbons (Fsp3) is 0.938. The van der Waals surface area contributed by atoms with E-state index in [1.165, 1.54) is 12.8 Å². The number of hydrogen-bond donors (Lipinski definition) is 0. The summed E-state index contributed by atoms with van der Waals surface area (Å²) in [5, 5.41) is 0. The minimum absolute atomic E-state index is 0.394. The van der Waals surface area contributed by atoms with Crippen molar-refractivity contribution in [2.45, 2.75) is 72.6 Å². The highest BCUT2D eigenvalue weighted by Crippen LogP contribution is 2.34. The highest BCUT2D eigenvalue weighted by molar-refractivity contribution is 5.81. The van der Waals surface area contributed by atoms with E-state index in [4.69, 9.17) is 0 Å². The van der Waals surface area contributed by atoms with Crippen LogP contribution in [0.15, 0.2) is 0 Å². The summed E-state index contributed by atoms with van der Waals surface area (Å²) in [5.41, 5.74) is 0. The molecule has 0 aromatic carbocycles. The van der Waals surface area contributed by atoms with E-state index >= 15 is 0 Å². The molecule has 17 heavy (non-hydrogen) atoms. The summed E-state index contributed by atoms with van der Waals surface area (Å²) in [6.45, 7) is 9.04. The van der Waals surface area contributed by atoms with Crippen LogP contribution in [0.5, 0.6) is 0 Å². The lowest BCUT2D eigenvalue weighted by Gasteiger charge is -2.30. The van der Waals surface area contributed by atoms with Gasteiger partial charge in [-0.1, -0.05) is 40.5 Å². The first kappa shape index (κ1) is 14.7. The van der Waals surface area contributed by atoms with Crippen LogP contribution in [0.3, 0.4) is 0 Å². The molecule has 1 heteroatoms. The lowest BCUT2D eigenvalue weighted by Crippen LogP contribution is -2.25. The smallest absolute Gasteiger partial charge is 0.136 e. The number of hydrogen-bond acceptors (Lipinski definition) is 1. The van der Waals surface area contributed by atoms with Gasteiger partial charge in [-0.3, -0.25) is 4.79 Å². The van der Waals surface area contributed by atoms with Crippen LogP contribution in [0.2, 0.25) is 0 Å². The number of carbonyl (C=O) groups excluding carboxylic acids is 1. The zero-order valence-electron chi connectivity index (χ0n) is 12.2. The van der Waals surface area contributed by atoms with Crippen molar-refractivity contribution in [2.75, 3.05) is 0 Å². The summed E-state index contributed by atoms with van der Waals surface area (Å²) in [6, 6.07) is 0. The Morgan fingerprint density at radius 1 is 1.06 bits per heavy atom. The van der Waals surface area contributed by atoms with Crippen LogP contribution in [0.4, 0.5) is 0 Å². The molecule has 1 rings (SSSR count). The highest BCUT2D eigenvalue weighted by Gasteiger charge is 2.28. The first-order chi connectivity index (χ1) is 8.08. The van der Waals surface area contributed by atoms with Crippen molar-refractivity contribution in [1.29, 1.82) is 0 Å². The molecule has 0 unspecified atom stereocenters. The second-order valence-corrected chi connectivity index (χ2v) is 6.21. The monoisotopic (exact) mass is 238 g/mol. The molecular weight excluding hydrogens is 208 g/mol. The van der Waals surface area contributed by atoms with Gasteiger partial charge in [0.2, 0.25) is 0 Å². The molecule has 0 aromatic heterocycles. The number of ketones is 1. The molecule has 1 aliphatic carbocycles. The van der Waals surface area contributed by atoms with Crippen LogP contribution in [0.1, 0.15) is 72.6 Å². The molecule has 1 nitrogen and oxygen atoms in total. The van der Waals surface area contributed by atoms with E-state index in [0.29, 0.717) is 17.6 Å². The third-order valence-electron chi connectivity index (χ3n) is 4.81. The molecule has 0 bridgehead atoms. The summed E-state index contributed by atoms with van der Waals surface area (Å²) in [5.74, 6) is 3.24. The van der Waals surface area contributed by atoms with Gasteiger partial charge in [0.05, 0.1) is 0 Å². The molecule has 0 radical (unpaired) electrons. The largest absolute Gasteiger partial charge is 0.299 e. The zero-order valence-corrected chi connectivity index (χ0v) is 12.2. The SMILES string of the molecule is CCC(CC)CC(=O)C1CCC(C(C)C)CC1. The van der Waals surface area contributed by atoms with Crippen molar-refractivity contribution in [3.8, 4) is 0 Å². The summed E-state index contributed by atoms with van der Waals surface area (Å²) >= 11 is 0. The van der Waals surface area contributed by atoms with E-state index in [-0.39, 0.29) is 0 Å². The predicted molar refractivity (Wildman–Crippen MR) is 74.0 cm³/mol. The van der Waals surface area contributed by atoms with Gasteiger partial charge in [0.1, 0.15) is 5.78 Å². The fourth-order valence-corrected chi connectivity index (χ4v) is 3.14. The molecule has 100 valence electrons. The van der Waals surface area contributed by atoms with Crippen molar-refractivity contribution in [2.24, 2.45) is 23.7 Å². The van der Waals surface area contributed by atoms with E-state index in [1.807, 2.05) is 0 Å². The third kappa shape index (κ3) is 4.44. The summed E-state index contributed by atoms with van der Waals surface area (Å²) in [6.07, 6.45) is 8.01. The highest BCUT2D eigenvalue weighted by atomic mass is 16.1. The van der Waals surface area contributed by atoms with Crippen molar-refractivity contribution in [3.05, 3.63) is 0 Å². The van der Waals surface area contributed by atoms with E-state index in [9.17, 15) is 4.79 Å². The van der Waals surface area contributed by atoms with Gasteiger partial charge < -0.3 is 0 Å². The minimum atomic E-state index is 0.394. The van der Waals surface area contributed by atoms with Gasteiger partial charge in [0.15, 0.2) is 0 Å². The summed E-state index contributed by atoms with van der Waals surface area (Å²) in [7, 11) is 0. The molecule has 0 saturated heterocycles. The average Bonchev–Trinajstić information content (AvgIpc) is 2.35. The Bertz CT molecular complexity index is 220. The summed E-state index contributed by atoms with van der Waals surface area (Å²) < 4.78 is 0. The maximum Gasteiger partial charge on any atom is 0.136 e. The standard InChI is InChI=1S/C16H30O/c1-5-13(6-2)11-16(17)15-9-7-14(8-10-15)12(3)4/h12-15H,5-11H2,1-4H3. The zero-order chi connectivity index (χ0) is 12.8. The predicted octanol–water partition coefficient (Wildman–Crippen LogP) is 4.84. The van der Waals surface area contributed by atoms with Crippen LogP contribution < -0.4 is 0 Å². The van der Waals surface area contributed by atoms with Gasteiger partial charge in [0.25, 0.3) is 0 Å². The van der Waals surface area contributed by atoms with E-state index in [1.54, 1.807) is 0 Å². The fourth-order valence-electron chi connectivity index (χ4n) is 3.14. The normalized spacial score (nSPS) is 25.5.